The molecule has 0 aliphatic heterocycles. The fourth-order valence-electron chi connectivity index (χ4n) is 3.03. The SMILES string of the molecule is Cn1c(=O)[nH]c(=O)c2c1nc(N/N=C\c1cc(Br)ccc1O)n2Cc1ccccc1. The van der Waals surface area contributed by atoms with Crippen molar-refractivity contribution in [3.05, 3.63) is 85.0 Å². The van der Waals surface area contributed by atoms with Crippen LogP contribution in [0.25, 0.3) is 11.2 Å². The first kappa shape index (κ1) is 19.6. The van der Waals surface area contributed by atoms with Crippen LogP contribution in [0.5, 0.6) is 5.75 Å². The molecule has 0 amide bonds. The second kappa shape index (κ2) is 7.99. The van der Waals surface area contributed by atoms with Crippen LogP contribution in [-0.2, 0) is 13.6 Å². The number of H-pyrrole nitrogens is 1. The van der Waals surface area contributed by atoms with E-state index in [4.69, 9.17) is 0 Å². The van der Waals surface area contributed by atoms with Gasteiger partial charge in [0.05, 0.1) is 12.8 Å². The average molecular weight is 469 g/mol. The maximum atomic E-state index is 12.5. The number of nitrogens with one attached hydrogen (secondary N) is 2. The van der Waals surface area contributed by atoms with Gasteiger partial charge in [0.25, 0.3) is 5.56 Å². The van der Waals surface area contributed by atoms with Gasteiger partial charge in [0.2, 0.25) is 5.95 Å². The van der Waals surface area contributed by atoms with E-state index in [0.717, 1.165) is 10.0 Å². The highest BCUT2D eigenvalue weighted by Crippen LogP contribution is 2.21. The van der Waals surface area contributed by atoms with Crippen molar-refractivity contribution in [2.45, 2.75) is 6.54 Å². The molecule has 0 bridgehead atoms. The third-order valence-electron chi connectivity index (χ3n) is 4.55. The zero-order valence-corrected chi connectivity index (χ0v) is 17.4. The Kier molecular flexibility index (Phi) is 5.23. The van der Waals surface area contributed by atoms with E-state index in [1.807, 2.05) is 30.3 Å². The summed E-state index contributed by atoms with van der Waals surface area (Å²) in [6, 6.07) is 14.5. The van der Waals surface area contributed by atoms with E-state index in [9.17, 15) is 14.7 Å². The van der Waals surface area contributed by atoms with Gasteiger partial charge in [0.15, 0.2) is 11.2 Å². The lowest BCUT2D eigenvalue weighted by molar-refractivity contribution is 0.474. The topological polar surface area (TPSA) is 117 Å². The summed E-state index contributed by atoms with van der Waals surface area (Å²) in [4.78, 5) is 31.2. The Morgan fingerprint density at radius 2 is 2.00 bits per heavy atom. The second-order valence-corrected chi connectivity index (χ2v) is 7.49. The lowest BCUT2D eigenvalue weighted by Crippen LogP contribution is -2.29. The molecule has 0 saturated carbocycles. The molecule has 0 radical (unpaired) electrons. The molecular weight excluding hydrogens is 452 g/mol. The van der Waals surface area contributed by atoms with E-state index < -0.39 is 11.2 Å². The molecule has 0 spiro atoms. The van der Waals surface area contributed by atoms with Gasteiger partial charge in [-0.3, -0.25) is 18.9 Å². The highest BCUT2D eigenvalue weighted by atomic mass is 79.9. The number of phenols is 1. The first-order chi connectivity index (χ1) is 14.4. The van der Waals surface area contributed by atoms with Gasteiger partial charge in [-0.15, -0.1) is 0 Å². The minimum Gasteiger partial charge on any atom is -0.507 e. The van der Waals surface area contributed by atoms with E-state index >= 15 is 0 Å². The minimum atomic E-state index is -0.550. The zero-order valence-electron chi connectivity index (χ0n) is 15.8. The zero-order chi connectivity index (χ0) is 21.3. The maximum Gasteiger partial charge on any atom is 0.329 e. The Morgan fingerprint density at radius 3 is 2.77 bits per heavy atom. The fourth-order valence-corrected chi connectivity index (χ4v) is 3.41. The van der Waals surface area contributed by atoms with Crippen LogP contribution in [-0.4, -0.2) is 30.4 Å². The Labute approximate surface area is 178 Å². The summed E-state index contributed by atoms with van der Waals surface area (Å²) in [6.45, 7) is 0.346. The molecule has 2 aromatic heterocycles. The molecule has 4 rings (SSSR count). The minimum absolute atomic E-state index is 0.0698. The highest BCUT2D eigenvalue weighted by Gasteiger charge is 2.17. The fraction of sp³-hybridized carbons (Fsp3) is 0.100. The van der Waals surface area contributed by atoms with E-state index in [1.54, 1.807) is 22.8 Å². The third kappa shape index (κ3) is 3.77. The lowest BCUT2D eigenvalue weighted by Gasteiger charge is -2.08. The van der Waals surface area contributed by atoms with E-state index in [1.165, 1.54) is 17.8 Å². The van der Waals surface area contributed by atoms with Crippen molar-refractivity contribution in [3.8, 4) is 5.75 Å². The number of aryl methyl sites for hydroxylation is 1. The maximum absolute atomic E-state index is 12.5. The molecule has 0 unspecified atom stereocenters. The first-order valence-corrected chi connectivity index (χ1v) is 9.74. The van der Waals surface area contributed by atoms with Crippen LogP contribution >= 0.6 is 15.9 Å². The summed E-state index contributed by atoms with van der Waals surface area (Å²) >= 11 is 3.35. The largest absolute Gasteiger partial charge is 0.507 e. The molecule has 0 fully saturated rings. The quantitative estimate of drug-likeness (QED) is 0.307. The monoisotopic (exact) mass is 468 g/mol. The Balaban J connectivity index is 1.79. The van der Waals surface area contributed by atoms with Crippen molar-refractivity contribution in [2.24, 2.45) is 12.1 Å². The number of hydrogen-bond donors (Lipinski definition) is 3. The number of aromatic nitrogens is 4. The summed E-state index contributed by atoms with van der Waals surface area (Å²) < 4.78 is 3.72. The van der Waals surface area contributed by atoms with Crippen LogP contribution < -0.4 is 16.7 Å². The van der Waals surface area contributed by atoms with Crippen LogP contribution in [0.15, 0.2) is 67.7 Å². The van der Waals surface area contributed by atoms with Gasteiger partial charge in [-0.2, -0.15) is 10.1 Å². The molecule has 0 atom stereocenters. The smallest absolute Gasteiger partial charge is 0.329 e. The van der Waals surface area contributed by atoms with Gasteiger partial charge < -0.3 is 5.11 Å². The van der Waals surface area contributed by atoms with E-state index in [-0.39, 0.29) is 22.9 Å². The highest BCUT2D eigenvalue weighted by molar-refractivity contribution is 9.10. The van der Waals surface area contributed by atoms with Crippen molar-refractivity contribution >= 4 is 39.3 Å². The van der Waals surface area contributed by atoms with Gasteiger partial charge >= 0.3 is 5.69 Å². The first-order valence-electron chi connectivity index (χ1n) is 8.95. The number of imidazole rings is 1. The van der Waals surface area contributed by atoms with Gasteiger partial charge in [-0.05, 0) is 23.8 Å². The van der Waals surface area contributed by atoms with Gasteiger partial charge in [0, 0.05) is 17.1 Å². The number of halogens is 1. The van der Waals surface area contributed by atoms with Crippen molar-refractivity contribution in [1.29, 1.82) is 0 Å². The second-order valence-electron chi connectivity index (χ2n) is 6.57. The number of benzene rings is 2. The number of hydrazone groups is 1. The van der Waals surface area contributed by atoms with Crippen LogP contribution in [0.4, 0.5) is 5.95 Å². The van der Waals surface area contributed by atoms with Crippen molar-refractivity contribution in [2.75, 3.05) is 5.43 Å². The molecule has 152 valence electrons. The molecule has 30 heavy (non-hydrogen) atoms. The standard InChI is InChI=1S/C20H17BrN6O3/c1-26-17-16(18(29)24-20(26)30)27(11-12-5-3-2-4-6-12)19(23-17)25-22-10-13-9-14(21)7-8-15(13)28/h2-10,28H,11H2,1H3,(H,23,25)(H,24,29,30)/b22-10-. The molecule has 4 aromatic rings. The summed E-state index contributed by atoms with van der Waals surface area (Å²) in [5, 5.41) is 14.1. The van der Waals surface area contributed by atoms with Crippen molar-refractivity contribution < 1.29 is 5.11 Å². The number of nitrogens with zero attached hydrogens (tertiary/aromatic N) is 4. The normalized spacial score (nSPS) is 11.4. The van der Waals surface area contributed by atoms with E-state index in [2.05, 4.69) is 36.4 Å². The van der Waals surface area contributed by atoms with Gasteiger partial charge in [0.1, 0.15) is 5.75 Å². The number of anilines is 1. The summed E-state index contributed by atoms with van der Waals surface area (Å²) in [6.07, 6.45) is 1.44. The molecule has 3 N–H and O–H groups in total. The molecule has 10 heteroatoms. The molecule has 2 aromatic carbocycles. The number of hydrogen-bond acceptors (Lipinski definition) is 6. The van der Waals surface area contributed by atoms with Crippen LogP contribution in [0.1, 0.15) is 11.1 Å². The number of aromatic hydroxyl groups is 1. The van der Waals surface area contributed by atoms with Gasteiger partial charge in [-0.1, -0.05) is 46.3 Å². The summed E-state index contributed by atoms with van der Waals surface area (Å²) in [5.74, 6) is 0.353. The van der Waals surface area contributed by atoms with Crippen molar-refractivity contribution in [3.63, 3.8) is 0 Å². The molecule has 0 aliphatic carbocycles. The summed E-state index contributed by atoms with van der Waals surface area (Å²) in [7, 11) is 1.53. The number of rotatable bonds is 5. The Hall–Kier alpha value is -3.66. The third-order valence-corrected chi connectivity index (χ3v) is 5.04. The predicted molar refractivity (Wildman–Crippen MR) is 118 cm³/mol. The Morgan fingerprint density at radius 1 is 1.23 bits per heavy atom. The van der Waals surface area contributed by atoms with Crippen LogP contribution in [0, 0.1) is 0 Å². The average Bonchev–Trinajstić information content (AvgIpc) is 3.08. The lowest BCUT2D eigenvalue weighted by atomic mass is 10.2. The number of phenolic OH excluding ortho intramolecular Hbond substituents is 1. The molecular formula is C20H17BrN6O3. The van der Waals surface area contributed by atoms with Crippen LogP contribution in [0.3, 0.4) is 0 Å². The number of fused-ring (bicyclic) bond motifs is 1. The molecule has 9 nitrogen and oxygen atoms in total. The Bertz CT molecular complexity index is 1370. The van der Waals surface area contributed by atoms with E-state index in [0.29, 0.717) is 12.1 Å². The molecule has 0 aliphatic rings. The molecule has 2 heterocycles. The van der Waals surface area contributed by atoms with Crippen molar-refractivity contribution in [1.82, 2.24) is 19.1 Å². The van der Waals surface area contributed by atoms with Gasteiger partial charge in [-0.25, -0.2) is 10.2 Å². The number of aromatic amines is 1. The van der Waals surface area contributed by atoms with Crippen LogP contribution in [0.2, 0.25) is 0 Å². The summed E-state index contributed by atoms with van der Waals surface area (Å²) in [5.41, 5.74) is 3.67. The molecule has 0 saturated heterocycles. The predicted octanol–water partition coefficient (Wildman–Crippen LogP) is 2.39.